The van der Waals surface area contributed by atoms with Crippen molar-refractivity contribution in [2.75, 3.05) is 5.32 Å². The first-order valence-electron chi connectivity index (χ1n) is 9.96. The van der Waals surface area contributed by atoms with Crippen LogP contribution in [-0.4, -0.2) is 14.8 Å². The van der Waals surface area contributed by atoms with Crippen molar-refractivity contribution in [2.45, 2.75) is 12.1 Å². The molecule has 6 rings (SSSR count). The lowest BCUT2D eigenvalue weighted by Gasteiger charge is -2.39. The standard InChI is InChI=1S/C24H15Br2ClN4O/c25-15-6-4-13(5-7-15)22-20-21(30-24-28-12-29-31(22)24)18-11-17(27)8-9-19(18)32-23(20)14-2-1-3-16(26)10-14/h1-12,22-23H,(H,28,29,30)/t22-,23-/m1/s1. The molecule has 4 aromatic rings. The Kier molecular flexibility index (Phi) is 4.86. The first-order chi connectivity index (χ1) is 15.6. The minimum absolute atomic E-state index is 0.201. The van der Waals surface area contributed by atoms with E-state index >= 15 is 0 Å². The van der Waals surface area contributed by atoms with E-state index in [4.69, 9.17) is 16.3 Å². The highest BCUT2D eigenvalue weighted by Gasteiger charge is 2.41. The Morgan fingerprint density at radius 2 is 1.78 bits per heavy atom. The molecule has 0 saturated carbocycles. The Morgan fingerprint density at radius 3 is 2.59 bits per heavy atom. The predicted octanol–water partition coefficient (Wildman–Crippen LogP) is 7.02. The molecule has 0 aliphatic carbocycles. The highest BCUT2D eigenvalue weighted by molar-refractivity contribution is 9.10. The Balaban J connectivity index is 1.64. The summed E-state index contributed by atoms with van der Waals surface area (Å²) in [5, 5.41) is 8.70. The smallest absolute Gasteiger partial charge is 0.226 e. The Bertz CT molecular complexity index is 1380. The quantitative estimate of drug-likeness (QED) is 0.282. The molecule has 2 atom stereocenters. The van der Waals surface area contributed by atoms with E-state index in [0.29, 0.717) is 11.0 Å². The van der Waals surface area contributed by atoms with Gasteiger partial charge in [0.15, 0.2) is 0 Å². The van der Waals surface area contributed by atoms with Gasteiger partial charge in [-0.15, -0.1) is 0 Å². The molecule has 0 spiro atoms. The van der Waals surface area contributed by atoms with E-state index in [2.05, 4.69) is 71.5 Å². The molecular formula is C24H15Br2ClN4O. The number of rotatable bonds is 2. The van der Waals surface area contributed by atoms with Gasteiger partial charge in [-0.25, -0.2) is 4.68 Å². The molecule has 0 bridgehead atoms. The lowest BCUT2D eigenvalue weighted by atomic mass is 9.84. The van der Waals surface area contributed by atoms with Crippen molar-refractivity contribution in [2.24, 2.45) is 0 Å². The number of hydrogen-bond acceptors (Lipinski definition) is 4. The lowest BCUT2D eigenvalue weighted by Crippen LogP contribution is -2.32. The summed E-state index contributed by atoms with van der Waals surface area (Å²) in [5.74, 6) is 1.45. The van der Waals surface area contributed by atoms with Crippen molar-refractivity contribution in [3.05, 3.63) is 109 Å². The zero-order valence-corrected chi connectivity index (χ0v) is 20.4. The topological polar surface area (TPSA) is 52.0 Å². The van der Waals surface area contributed by atoms with Gasteiger partial charge in [0.2, 0.25) is 5.95 Å². The van der Waals surface area contributed by atoms with Crippen LogP contribution in [-0.2, 0) is 0 Å². The van der Waals surface area contributed by atoms with Crippen LogP contribution in [0.5, 0.6) is 5.75 Å². The molecule has 0 unspecified atom stereocenters. The fourth-order valence-corrected chi connectivity index (χ4v) is 5.21. The maximum Gasteiger partial charge on any atom is 0.226 e. The molecule has 1 aromatic heterocycles. The van der Waals surface area contributed by atoms with Crippen LogP contribution in [0.15, 0.2) is 87.6 Å². The van der Waals surface area contributed by atoms with E-state index in [0.717, 1.165) is 42.7 Å². The molecule has 0 fully saturated rings. The molecule has 8 heteroatoms. The number of anilines is 1. The third kappa shape index (κ3) is 3.27. The average molecular weight is 571 g/mol. The van der Waals surface area contributed by atoms with E-state index in [1.807, 2.05) is 47.1 Å². The molecule has 2 aliphatic heterocycles. The SMILES string of the molecule is Clc1ccc2c(c1)C1=C([C@@H](c3cccc(Br)c3)O2)[C@@H](c2ccc(Br)cc2)n2ncnc2N1. The summed E-state index contributed by atoms with van der Waals surface area (Å²) in [6.07, 6.45) is 1.25. The van der Waals surface area contributed by atoms with Gasteiger partial charge in [-0.1, -0.05) is 67.7 Å². The maximum absolute atomic E-state index is 6.62. The number of nitrogens with zero attached hydrogens (tertiary/aromatic N) is 3. The molecular weight excluding hydrogens is 556 g/mol. The largest absolute Gasteiger partial charge is 0.480 e. The molecule has 0 amide bonds. The summed E-state index contributed by atoms with van der Waals surface area (Å²) in [6.45, 7) is 0. The van der Waals surface area contributed by atoms with Crippen LogP contribution in [0.25, 0.3) is 5.70 Å². The summed E-state index contributed by atoms with van der Waals surface area (Å²) >= 11 is 13.5. The number of nitrogens with one attached hydrogen (secondary N) is 1. The molecule has 0 saturated heterocycles. The normalized spacial score (nSPS) is 18.8. The summed E-state index contributed by atoms with van der Waals surface area (Å²) < 4.78 is 10.5. The number of benzene rings is 3. The van der Waals surface area contributed by atoms with Crippen molar-refractivity contribution < 1.29 is 4.74 Å². The Morgan fingerprint density at radius 1 is 0.938 bits per heavy atom. The summed E-state index contributed by atoms with van der Waals surface area (Å²) in [4.78, 5) is 4.46. The van der Waals surface area contributed by atoms with Crippen LogP contribution in [0.2, 0.25) is 5.02 Å². The first kappa shape index (κ1) is 20.0. The van der Waals surface area contributed by atoms with Gasteiger partial charge in [0.1, 0.15) is 24.2 Å². The van der Waals surface area contributed by atoms with Gasteiger partial charge in [0.05, 0.1) is 5.70 Å². The summed E-state index contributed by atoms with van der Waals surface area (Å²) in [6, 6.07) is 22.0. The Labute approximate surface area is 206 Å². The van der Waals surface area contributed by atoms with E-state index in [-0.39, 0.29) is 12.1 Å². The third-order valence-corrected chi connectivity index (χ3v) is 6.97. The van der Waals surface area contributed by atoms with Crippen molar-refractivity contribution in [1.29, 1.82) is 0 Å². The van der Waals surface area contributed by atoms with Gasteiger partial charge in [0.25, 0.3) is 0 Å². The molecule has 3 heterocycles. The van der Waals surface area contributed by atoms with Gasteiger partial charge in [-0.2, -0.15) is 10.1 Å². The molecule has 158 valence electrons. The zero-order chi connectivity index (χ0) is 21.8. The number of aromatic nitrogens is 3. The summed E-state index contributed by atoms with van der Waals surface area (Å²) in [7, 11) is 0. The van der Waals surface area contributed by atoms with Crippen LogP contribution in [0, 0.1) is 0 Å². The fraction of sp³-hybridized carbons (Fsp3) is 0.0833. The maximum atomic E-state index is 6.62. The lowest BCUT2D eigenvalue weighted by molar-refractivity contribution is 0.223. The fourth-order valence-electron chi connectivity index (χ4n) is 4.35. The van der Waals surface area contributed by atoms with Gasteiger partial charge in [0, 0.05) is 25.1 Å². The van der Waals surface area contributed by atoms with E-state index in [1.54, 1.807) is 6.33 Å². The summed E-state index contributed by atoms with van der Waals surface area (Å²) in [5.41, 5.74) is 5.04. The molecule has 2 aliphatic rings. The minimum atomic E-state index is -0.324. The zero-order valence-electron chi connectivity index (χ0n) is 16.5. The van der Waals surface area contributed by atoms with E-state index in [1.165, 1.54) is 0 Å². The first-order valence-corrected chi connectivity index (χ1v) is 11.9. The molecule has 3 aromatic carbocycles. The van der Waals surface area contributed by atoms with Crippen LogP contribution in [0.3, 0.4) is 0 Å². The molecule has 5 nitrogen and oxygen atoms in total. The van der Waals surface area contributed by atoms with Gasteiger partial charge < -0.3 is 10.1 Å². The number of fused-ring (bicyclic) bond motifs is 3. The third-order valence-electron chi connectivity index (χ3n) is 5.71. The van der Waals surface area contributed by atoms with Gasteiger partial charge >= 0.3 is 0 Å². The predicted molar refractivity (Wildman–Crippen MR) is 132 cm³/mol. The van der Waals surface area contributed by atoms with E-state index < -0.39 is 0 Å². The van der Waals surface area contributed by atoms with Crippen molar-refractivity contribution in [3.63, 3.8) is 0 Å². The second-order valence-electron chi connectivity index (χ2n) is 7.63. The van der Waals surface area contributed by atoms with Crippen molar-refractivity contribution >= 4 is 55.1 Å². The molecule has 1 N–H and O–H groups in total. The van der Waals surface area contributed by atoms with Crippen LogP contribution in [0.1, 0.15) is 28.8 Å². The van der Waals surface area contributed by atoms with Gasteiger partial charge in [-0.3, -0.25) is 0 Å². The van der Waals surface area contributed by atoms with Crippen LogP contribution >= 0.6 is 43.5 Å². The van der Waals surface area contributed by atoms with Gasteiger partial charge in [-0.05, 0) is 53.6 Å². The van der Waals surface area contributed by atoms with Crippen LogP contribution < -0.4 is 10.1 Å². The van der Waals surface area contributed by atoms with Crippen molar-refractivity contribution in [3.8, 4) is 5.75 Å². The average Bonchev–Trinajstić information content (AvgIpc) is 3.26. The highest BCUT2D eigenvalue weighted by atomic mass is 79.9. The van der Waals surface area contributed by atoms with E-state index in [9.17, 15) is 0 Å². The molecule has 0 radical (unpaired) electrons. The van der Waals surface area contributed by atoms with Crippen LogP contribution in [0.4, 0.5) is 5.95 Å². The number of hydrogen-bond donors (Lipinski definition) is 1. The molecule has 32 heavy (non-hydrogen) atoms. The Hall–Kier alpha value is -2.61. The second-order valence-corrected chi connectivity index (χ2v) is 9.90. The second kappa shape index (κ2) is 7.76. The minimum Gasteiger partial charge on any atom is -0.480 e. The number of ether oxygens (including phenoxy) is 1. The highest BCUT2D eigenvalue weighted by Crippen LogP contribution is 2.51. The van der Waals surface area contributed by atoms with Crippen molar-refractivity contribution in [1.82, 2.24) is 14.8 Å². The number of halogens is 3. The monoisotopic (exact) mass is 568 g/mol.